The second kappa shape index (κ2) is 4.91. The van der Waals surface area contributed by atoms with Crippen LogP contribution in [0, 0.1) is 0 Å². The summed E-state index contributed by atoms with van der Waals surface area (Å²) in [6.07, 6.45) is 0. The van der Waals surface area contributed by atoms with Gasteiger partial charge in [-0.25, -0.2) is 0 Å². The SMILES string of the molecule is Oc1ccc(CNc2cccc3n[se]nc23)c(O)c1. The Morgan fingerprint density at radius 2 is 2.00 bits per heavy atom. The summed E-state index contributed by atoms with van der Waals surface area (Å²) in [4.78, 5) is 0. The number of fused-ring (bicyclic) bond motifs is 1. The zero-order valence-electron chi connectivity index (χ0n) is 9.87. The molecule has 0 unspecified atom stereocenters. The molecule has 1 heterocycles. The molecule has 3 N–H and O–H groups in total. The van der Waals surface area contributed by atoms with Crippen molar-refractivity contribution < 1.29 is 10.2 Å². The number of nitrogens with one attached hydrogen (secondary N) is 1. The van der Waals surface area contributed by atoms with E-state index in [4.69, 9.17) is 0 Å². The van der Waals surface area contributed by atoms with E-state index in [0.717, 1.165) is 22.3 Å². The van der Waals surface area contributed by atoms with Crippen LogP contribution in [0.15, 0.2) is 36.4 Å². The van der Waals surface area contributed by atoms with Crippen LogP contribution >= 0.6 is 0 Å². The van der Waals surface area contributed by atoms with Gasteiger partial charge in [-0.1, -0.05) is 0 Å². The number of phenols is 2. The van der Waals surface area contributed by atoms with Gasteiger partial charge in [0.1, 0.15) is 0 Å². The van der Waals surface area contributed by atoms with Gasteiger partial charge >= 0.3 is 115 Å². The molecule has 1 aromatic heterocycles. The van der Waals surface area contributed by atoms with E-state index in [1.807, 2.05) is 18.2 Å². The van der Waals surface area contributed by atoms with E-state index >= 15 is 0 Å². The van der Waals surface area contributed by atoms with Crippen molar-refractivity contribution >= 4 is 31.7 Å². The Kier molecular flexibility index (Phi) is 3.11. The molecular weight excluding hydrogens is 309 g/mol. The van der Waals surface area contributed by atoms with Crippen molar-refractivity contribution in [3.63, 3.8) is 0 Å². The molecule has 0 bridgehead atoms. The van der Waals surface area contributed by atoms with Gasteiger partial charge in [-0.3, -0.25) is 0 Å². The van der Waals surface area contributed by atoms with E-state index in [1.54, 1.807) is 12.1 Å². The quantitative estimate of drug-likeness (QED) is 0.640. The number of benzene rings is 2. The number of phenolic OH excluding ortho intramolecular Hbond substituents is 2. The normalized spacial score (nSPS) is 10.7. The third-order valence-electron chi connectivity index (χ3n) is 2.82. The fourth-order valence-corrected chi connectivity index (χ4v) is 2.99. The van der Waals surface area contributed by atoms with Crippen molar-refractivity contribution in [2.45, 2.75) is 6.54 Å². The summed E-state index contributed by atoms with van der Waals surface area (Å²) >= 11 is -0.0548. The molecule has 0 atom stereocenters. The van der Waals surface area contributed by atoms with E-state index in [0.29, 0.717) is 6.54 Å². The van der Waals surface area contributed by atoms with Gasteiger partial charge in [0.2, 0.25) is 0 Å². The number of hydrogen-bond donors (Lipinski definition) is 3. The average Bonchev–Trinajstić information content (AvgIpc) is 2.86. The van der Waals surface area contributed by atoms with Gasteiger partial charge in [0, 0.05) is 0 Å². The number of rotatable bonds is 3. The van der Waals surface area contributed by atoms with E-state index < -0.39 is 0 Å². The molecule has 5 nitrogen and oxygen atoms in total. The topological polar surface area (TPSA) is 78.3 Å². The van der Waals surface area contributed by atoms with Crippen LogP contribution in [-0.4, -0.2) is 33.1 Å². The van der Waals surface area contributed by atoms with Gasteiger partial charge in [-0.05, 0) is 0 Å². The molecule has 3 rings (SSSR count). The fourth-order valence-electron chi connectivity index (χ4n) is 1.84. The molecule has 0 amide bonds. The van der Waals surface area contributed by atoms with Crippen molar-refractivity contribution in [2.75, 3.05) is 5.32 Å². The Morgan fingerprint density at radius 1 is 1.11 bits per heavy atom. The Hall–Kier alpha value is -2.04. The predicted octanol–water partition coefficient (Wildman–Crippen LogP) is 1.71. The standard InChI is InChI=1S/C13H11N3O2Se/c17-9-5-4-8(12(18)6-9)7-14-10-2-1-3-11-13(10)16-19-15-11/h1-6,14,17-18H,7H2. The first-order valence-electron chi connectivity index (χ1n) is 5.70. The fraction of sp³-hybridized carbons (Fsp3) is 0.0769. The van der Waals surface area contributed by atoms with Crippen molar-refractivity contribution in [1.29, 1.82) is 0 Å². The van der Waals surface area contributed by atoms with Crippen LogP contribution in [0.1, 0.15) is 5.56 Å². The molecule has 0 fully saturated rings. The van der Waals surface area contributed by atoms with E-state index in [1.165, 1.54) is 6.07 Å². The van der Waals surface area contributed by atoms with Crippen LogP contribution in [-0.2, 0) is 6.54 Å². The van der Waals surface area contributed by atoms with Gasteiger partial charge in [0.25, 0.3) is 0 Å². The monoisotopic (exact) mass is 321 g/mol. The molecule has 2 aromatic carbocycles. The average molecular weight is 320 g/mol. The summed E-state index contributed by atoms with van der Waals surface area (Å²) in [5, 5.41) is 22.2. The zero-order chi connectivity index (χ0) is 13.2. The molecule has 0 saturated carbocycles. The van der Waals surface area contributed by atoms with Gasteiger partial charge in [-0.2, -0.15) is 0 Å². The number of aromatic nitrogens is 2. The van der Waals surface area contributed by atoms with Crippen molar-refractivity contribution in [1.82, 2.24) is 7.96 Å². The van der Waals surface area contributed by atoms with Crippen molar-refractivity contribution in [2.24, 2.45) is 0 Å². The molecule has 19 heavy (non-hydrogen) atoms. The van der Waals surface area contributed by atoms with E-state index in [-0.39, 0.29) is 26.5 Å². The van der Waals surface area contributed by atoms with Crippen molar-refractivity contribution in [3.8, 4) is 11.5 Å². The minimum atomic E-state index is -0.0548. The molecular formula is C13H11N3O2Se. The minimum absolute atomic E-state index is 0.0540. The van der Waals surface area contributed by atoms with Crippen LogP contribution in [0.3, 0.4) is 0 Å². The Balaban J connectivity index is 1.84. The summed E-state index contributed by atoms with van der Waals surface area (Å²) in [7, 11) is 0. The molecule has 0 radical (unpaired) electrons. The van der Waals surface area contributed by atoms with Crippen LogP contribution in [0.4, 0.5) is 5.69 Å². The summed E-state index contributed by atoms with van der Waals surface area (Å²) in [5.74, 6) is 0.129. The molecule has 0 spiro atoms. The van der Waals surface area contributed by atoms with Gasteiger partial charge in [0.05, 0.1) is 0 Å². The summed E-state index contributed by atoms with van der Waals surface area (Å²) < 4.78 is 8.70. The van der Waals surface area contributed by atoms with Gasteiger partial charge < -0.3 is 0 Å². The second-order valence-electron chi connectivity index (χ2n) is 4.10. The predicted molar refractivity (Wildman–Crippen MR) is 73.6 cm³/mol. The van der Waals surface area contributed by atoms with Crippen LogP contribution in [0.5, 0.6) is 11.5 Å². The van der Waals surface area contributed by atoms with E-state index in [2.05, 4.69) is 13.3 Å². The molecule has 0 aliphatic carbocycles. The molecule has 96 valence electrons. The van der Waals surface area contributed by atoms with Crippen LogP contribution in [0.25, 0.3) is 11.0 Å². The van der Waals surface area contributed by atoms with E-state index in [9.17, 15) is 10.2 Å². The molecule has 0 aliphatic rings. The number of nitrogens with zero attached hydrogens (tertiary/aromatic N) is 2. The molecule has 0 saturated heterocycles. The van der Waals surface area contributed by atoms with Crippen LogP contribution < -0.4 is 5.32 Å². The molecule has 0 aliphatic heterocycles. The van der Waals surface area contributed by atoms with Crippen LogP contribution in [0.2, 0.25) is 0 Å². The molecule has 6 heteroatoms. The first-order valence-corrected chi connectivity index (χ1v) is 7.23. The Bertz CT molecular complexity index is 727. The van der Waals surface area contributed by atoms with Gasteiger partial charge in [-0.15, -0.1) is 0 Å². The first kappa shape index (κ1) is 12.0. The Morgan fingerprint density at radius 3 is 2.84 bits per heavy atom. The zero-order valence-corrected chi connectivity index (χ0v) is 11.6. The number of anilines is 1. The maximum absolute atomic E-state index is 9.72. The number of aromatic hydroxyl groups is 2. The third-order valence-corrected chi connectivity index (χ3v) is 3.96. The summed E-state index contributed by atoms with van der Waals surface area (Å²) in [6.45, 7) is 0.463. The van der Waals surface area contributed by atoms with Gasteiger partial charge in [0.15, 0.2) is 0 Å². The maximum atomic E-state index is 9.72. The third kappa shape index (κ3) is 2.41. The Labute approximate surface area is 115 Å². The first-order chi connectivity index (χ1) is 9.24. The summed E-state index contributed by atoms with van der Waals surface area (Å²) in [5.41, 5.74) is 3.43. The summed E-state index contributed by atoms with van der Waals surface area (Å²) in [6, 6.07) is 10.4. The molecule has 3 aromatic rings. The number of hydrogen-bond acceptors (Lipinski definition) is 5. The second-order valence-corrected chi connectivity index (χ2v) is 5.21. The van der Waals surface area contributed by atoms with Crippen molar-refractivity contribution in [3.05, 3.63) is 42.0 Å².